The van der Waals surface area contributed by atoms with Gasteiger partial charge in [0.2, 0.25) is 17.7 Å². The lowest BCUT2D eigenvalue weighted by Crippen LogP contribution is -2.58. The van der Waals surface area contributed by atoms with Crippen molar-refractivity contribution in [3.63, 3.8) is 0 Å². The van der Waals surface area contributed by atoms with Crippen LogP contribution < -0.4 is 10.1 Å². The molecule has 3 saturated heterocycles. The minimum Gasteiger partial charge on any atom is -0.493 e. The smallest absolute Gasteiger partial charge is 0.255 e. The van der Waals surface area contributed by atoms with E-state index in [1.54, 1.807) is 4.90 Å². The lowest BCUT2D eigenvalue weighted by atomic mass is 9.76. The summed E-state index contributed by atoms with van der Waals surface area (Å²) >= 11 is 0. The highest BCUT2D eigenvalue weighted by atomic mass is 16.5. The van der Waals surface area contributed by atoms with Crippen LogP contribution in [-0.4, -0.2) is 83.2 Å². The Labute approximate surface area is 260 Å². The van der Waals surface area contributed by atoms with Crippen molar-refractivity contribution >= 4 is 23.6 Å². The van der Waals surface area contributed by atoms with Gasteiger partial charge in [-0.3, -0.25) is 29.4 Å². The monoisotopic (exact) mass is 603 g/mol. The highest BCUT2D eigenvalue weighted by Crippen LogP contribution is 2.38. The van der Waals surface area contributed by atoms with Crippen LogP contribution in [0.3, 0.4) is 0 Å². The van der Waals surface area contributed by atoms with Crippen molar-refractivity contribution in [1.82, 2.24) is 20.0 Å². The van der Waals surface area contributed by atoms with Gasteiger partial charge in [-0.05, 0) is 80.5 Å². The first-order valence-electron chi connectivity index (χ1n) is 16.7. The number of nitrogens with one attached hydrogen (secondary N) is 1. The molecule has 0 radical (unpaired) electrons. The van der Waals surface area contributed by atoms with Crippen molar-refractivity contribution in [2.45, 2.75) is 95.7 Å². The molecule has 44 heavy (non-hydrogen) atoms. The van der Waals surface area contributed by atoms with Crippen LogP contribution in [0.2, 0.25) is 0 Å². The van der Waals surface area contributed by atoms with Crippen molar-refractivity contribution in [1.29, 1.82) is 5.26 Å². The molecule has 1 aliphatic carbocycles. The van der Waals surface area contributed by atoms with Crippen LogP contribution in [0.25, 0.3) is 0 Å². The van der Waals surface area contributed by atoms with Gasteiger partial charge in [0.1, 0.15) is 11.8 Å². The SMILES string of the molecule is N#CCCCCC(=O)N1CCC(C2CN([C@H]3CCCC[C@H]3COc3ccc4c(c3)CN(C3CCC(=O)NC3=O)C4=O)C2)CC1. The van der Waals surface area contributed by atoms with Gasteiger partial charge in [-0.15, -0.1) is 0 Å². The van der Waals surface area contributed by atoms with Gasteiger partial charge in [0.05, 0.1) is 12.7 Å². The summed E-state index contributed by atoms with van der Waals surface area (Å²) in [5, 5.41) is 11.0. The number of unbranched alkanes of at least 4 members (excludes halogenated alkanes) is 2. The summed E-state index contributed by atoms with van der Waals surface area (Å²) in [7, 11) is 0. The molecule has 0 aromatic heterocycles. The maximum Gasteiger partial charge on any atom is 0.255 e. The summed E-state index contributed by atoms with van der Waals surface area (Å²) in [6, 6.07) is 7.70. The van der Waals surface area contributed by atoms with Crippen molar-refractivity contribution < 1.29 is 23.9 Å². The van der Waals surface area contributed by atoms with E-state index in [0.29, 0.717) is 61.8 Å². The van der Waals surface area contributed by atoms with Crippen LogP contribution in [-0.2, 0) is 20.9 Å². The Kier molecular flexibility index (Phi) is 9.50. The Morgan fingerprint density at radius 3 is 2.57 bits per heavy atom. The minimum atomic E-state index is -0.610. The van der Waals surface area contributed by atoms with E-state index in [2.05, 4.69) is 16.3 Å². The van der Waals surface area contributed by atoms with Crippen LogP contribution in [0, 0.1) is 29.1 Å². The Morgan fingerprint density at radius 2 is 1.80 bits per heavy atom. The number of imide groups is 1. The van der Waals surface area contributed by atoms with Gasteiger partial charge in [0.15, 0.2) is 0 Å². The fourth-order valence-electron chi connectivity index (χ4n) is 8.08. The number of nitrogens with zero attached hydrogens (tertiary/aromatic N) is 4. The Hall–Kier alpha value is -3.45. The Morgan fingerprint density at radius 1 is 1.00 bits per heavy atom. The van der Waals surface area contributed by atoms with Crippen LogP contribution >= 0.6 is 0 Å². The van der Waals surface area contributed by atoms with Crippen LogP contribution in [0.15, 0.2) is 18.2 Å². The standard InChI is InChI=1S/C34H45N5O5/c35-15-5-1-2-8-32(41)37-16-13-23(14-17-37)26-19-38(20-26)29-7-4-3-6-24(29)22-44-27-9-10-28-25(18-27)21-39(34(28)43)30-11-12-31(40)36-33(30)42/h9-10,18,23-24,26,29-30H,1-8,11-14,16-17,19-22H2,(H,36,40,42)/t24-,29-,30?/m0/s1. The fraction of sp³-hybridized carbons (Fsp3) is 0.676. The molecule has 4 aliphatic heterocycles. The average molecular weight is 604 g/mol. The molecule has 4 heterocycles. The summed E-state index contributed by atoms with van der Waals surface area (Å²) in [5.41, 5.74) is 1.48. The maximum absolute atomic E-state index is 13.0. The average Bonchev–Trinajstić information content (AvgIpc) is 3.33. The summed E-state index contributed by atoms with van der Waals surface area (Å²) < 4.78 is 6.36. The Bertz CT molecular complexity index is 1300. The number of fused-ring (bicyclic) bond motifs is 1. The van der Waals surface area contributed by atoms with E-state index in [9.17, 15) is 19.2 Å². The first-order valence-corrected chi connectivity index (χ1v) is 16.7. The molecular formula is C34H45N5O5. The van der Waals surface area contributed by atoms with E-state index in [4.69, 9.17) is 10.00 Å². The van der Waals surface area contributed by atoms with Crippen LogP contribution in [0.1, 0.15) is 93.0 Å². The fourth-order valence-corrected chi connectivity index (χ4v) is 8.08. The molecule has 0 spiro atoms. The second kappa shape index (κ2) is 13.7. The normalized spacial score (nSPS) is 26.6. The number of amides is 4. The largest absolute Gasteiger partial charge is 0.493 e. The number of ether oxygens (including phenoxy) is 1. The third-order valence-corrected chi connectivity index (χ3v) is 10.7. The van der Waals surface area contributed by atoms with Crippen molar-refractivity contribution in [2.24, 2.45) is 17.8 Å². The molecule has 1 aromatic carbocycles. The lowest BCUT2D eigenvalue weighted by Gasteiger charge is -2.52. The highest BCUT2D eigenvalue weighted by Gasteiger charge is 2.42. The molecule has 10 nitrogen and oxygen atoms in total. The summed E-state index contributed by atoms with van der Waals surface area (Å²) in [6.45, 7) is 5.04. The molecule has 0 bridgehead atoms. The molecule has 3 atom stereocenters. The van der Waals surface area contributed by atoms with Gasteiger partial charge >= 0.3 is 0 Å². The predicted octanol–water partition coefficient (Wildman–Crippen LogP) is 3.64. The van der Waals surface area contributed by atoms with Gasteiger partial charge in [0.25, 0.3) is 5.91 Å². The zero-order valence-corrected chi connectivity index (χ0v) is 25.7. The first kappa shape index (κ1) is 30.6. The summed E-state index contributed by atoms with van der Waals surface area (Å²) in [6.07, 6.45) is 10.4. The number of benzene rings is 1. The predicted molar refractivity (Wildman–Crippen MR) is 162 cm³/mol. The van der Waals surface area contributed by atoms with Crippen molar-refractivity contribution in [3.05, 3.63) is 29.3 Å². The number of nitriles is 1. The van der Waals surface area contributed by atoms with E-state index in [1.165, 1.54) is 19.3 Å². The zero-order chi connectivity index (χ0) is 30.6. The number of hydrogen-bond acceptors (Lipinski definition) is 7. The van der Waals surface area contributed by atoms with E-state index < -0.39 is 11.9 Å². The molecule has 1 unspecified atom stereocenters. The van der Waals surface area contributed by atoms with Crippen molar-refractivity contribution in [2.75, 3.05) is 32.8 Å². The molecule has 10 heteroatoms. The highest BCUT2D eigenvalue weighted by molar-refractivity contribution is 6.05. The third kappa shape index (κ3) is 6.63. The van der Waals surface area contributed by atoms with Gasteiger partial charge in [-0.25, -0.2) is 0 Å². The van der Waals surface area contributed by atoms with E-state index in [0.717, 1.165) is 69.6 Å². The number of piperidine rings is 2. The molecule has 4 fully saturated rings. The number of rotatable bonds is 10. The van der Waals surface area contributed by atoms with E-state index >= 15 is 0 Å². The second-order valence-corrected chi connectivity index (χ2v) is 13.4. The minimum absolute atomic E-state index is 0.162. The van der Waals surface area contributed by atoms with Crippen molar-refractivity contribution in [3.8, 4) is 11.8 Å². The molecule has 1 aromatic rings. The molecule has 6 rings (SSSR count). The number of hydrogen-bond donors (Lipinski definition) is 1. The summed E-state index contributed by atoms with van der Waals surface area (Å²) in [4.78, 5) is 55.8. The summed E-state index contributed by atoms with van der Waals surface area (Å²) in [5.74, 6) is 2.06. The number of likely N-dealkylation sites (tertiary alicyclic amines) is 2. The van der Waals surface area contributed by atoms with Gasteiger partial charge in [-0.1, -0.05) is 12.8 Å². The number of carbonyl (C=O) groups excluding carboxylic acids is 4. The van der Waals surface area contributed by atoms with Crippen LogP contribution in [0.4, 0.5) is 0 Å². The second-order valence-electron chi connectivity index (χ2n) is 13.4. The number of carbonyl (C=O) groups is 4. The van der Waals surface area contributed by atoms with E-state index in [-0.39, 0.29) is 24.1 Å². The van der Waals surface area contributed by atoms with E-state index in [1.807, 2.05) is 23.1 Å². The third-order valence-electron chi connectivity index (χ3n) is 10.7. The molecule has 236 valence electrons. The maximum atomic E-state index is 13.0. The quantitative estimate of drug-likeness (QED) is 0.320. The zero-order valence-electron chi connectivity index (χ0n) is 25.7. The molecule has 5 aliphatic rings. The van der Waals surface area contributed by atoms with Gasteiger partial charge in [0, 0.05) is 69.5 Å². The van der Waals surface area contributed by atoms with Crippen LogP contribution in [0.5, 0.6) is 5.75 Å². The van der Waals surface area contributed by atoms with Gasteiger partial charge in [-0.2, -0.15) is 5.26 Å². The topological polar surface area (TPSA) is 123 Å². The Balaban J connectivity index is 0.963. The lowest BCUT2D eigenvalue weighted by molar-refractivity contribution is -0.137. The molecular weight excluding hydrogens is 558 g/mol. The van der Waals surface area contributed by atoms with Gasteiger partial charge < -0.3 is 14.5 Å². The molecule has 4 amide bonds. The first-order chi connectivity index (χ1) is 21.4. The molecule has 1 saturated carbocycles. The molecule has 1 N–H and O–H groups in total.